The SMILES string of the molecule is Cc1ccc(C(O)COCc2ccccc2F)cc1. The number of ether oxygens (including phenoxy) is 1. The van der Waals surface area contributed by atoms with Crippen LogP contribution in [-0.4, -0.2) is 11.7 Å². The monoisotopic (exact) mass is 260 g/mol. The van der Waals surface area contributed by atoms with Gasteiger partial charge in [-0.25, -0.2) is 4.39 Å². The van der Waals surface area contributed by atoms with Gasteiger partial charge in [-0.1, -0.05) is 48.0 Å². The summed E-state index contributed by atoms with van der Waals surface area (Å²) in [6.07, 6.45) is -0.688. The van der Waals surface area contributed by atoms with Crippen molar-refractivity contribution < 1.29 is 14.2 Å². The summed E-state index contributed by atoms with van der Waals surface area (Å²) in [7, 11) is 0. The summed E-state index contributed by atoms with van der Waals surface area (Å²) in [5.41, 5.74) is 2.45. The van der Waals surface area contributed by atoms with E-state index in [2.05, 4.69) is 0 Å². The zero-order chi connectivity index (χ0) is 13.7. The predicted octanol–water partition coefficient (Wildman–Crippen LogP) is 3.38. The van der Waals surface area contributed by atoms with Gasteiger partial charge in [-0.05, 0) is 18.6 Å². The molecule has 0 aromatic heterocycles. The van der Waals surface area contributed by atoms with Gasteiger partial charge in [-0.15, -0.1) is 0 Å². The minimum atomic E-state index is -0.688. The van der Waals surface area contributed by atoms with Gasteiger partial charge >= 0.3 is 0 Å². The highest BCUT2D eigenvalue weighted by Crippen LogP contribution is 2.15. The first-order valence-electron chi connectivity index (χ1n) is 6.22. The summed E-state index contributed by atoms with van der Waals surface area (Å²) in [6.45, 7) is 2.30. The first-order chi connectivity index (χ1) is 9.16. The number of aryl methyl sites for hydroxylation is 1. The minimum Gasteiger partial charge on any atom is -0.386 e. The van der Waals surface area contributed by atoms with Crippen LogP contribution in [0.15, 0.2) is 48.5 Å². The van der Waals surface area contributed by atoms with Crippen molar-refractivity contribution in [2.24, 2.45) is 0 Å². The number of hydrogen-bond donors (Lipinski definition) is 1. The Kier molecular flexibility index (Phi) is 4.66. The molecule has 0 saturated heterocycles. The molecule has 0 bridgehead atoms. The fraction of sp³-hybridized carbons (Fsp3) is 0.250. The topological polar surface area (TPSA) is 29.5 Å². The third-order valence-electron chi connectivity index (χ3n) is 2.95. The lowest BCUT2D eigenvalue weighted by Crippen LogP contribution is -2.07. The van der Waals surface area contributed by atoms with E-state index in [0.717, 1.165) is 11.1 Å². The molecule has 0 radical (unpaired) electrons. The van der Waals surface area contributed by atoms with Crippen molar-refractivity contribution in [1.29, 1.82) is 0 Å². The first kappa shape index (κ1) is 13.7. The van der Waals surface area contributed by atoms with Gasteiger partial charge in [-0.2, -0.15) is 0 Å². The number of rotatable bonds is 5. The van der Waals surface area contributed by atoms with Crippen molar-refractivity contribution in [1.82, 2.24) is 0 Å². The first-order valence-corrected chi connectivity index (χ1v) is 6.22. The van der Waals surface area contributed by atoms with Crippen LogP contribution in [0.1, 0.15) is 22.8 Å². The largest absolute Gasteiger partial charge is 0.386 e. The molecule has 2 aromatic carbocycles. The highest BCUT2D eigenvalue weighted by atomic mass is 19.1. The molecular weight excluding hydrogens is 243 g/mol. The summed E-state index contributed by atoms with van der Waals surface area (Å²) in [6, 6.07) is 14.1. The standard InChI is InChI=1S/C16H17FO2/c1-12-6-8-13(9-7-12)16(18)11-19-10-14-4-2-3-5-15(14)17/h2-9,16,18H,10-11H2,1H3. The summed E-state index contributed by atoms with van der Waals surface area (Å²) >= 11 is 0. The third-order valence-corrected chi connectivity index (χ3v) is 2.95. The molecule has 0 spiro atoms. The van der Waals surface area contributed by atoms with E-state index in [4.69, 9.17) is 4.74 Å². The normalized spacial score (nSPS) is 12.4. The van der Waals surface area contributed by atoms with E-state index in [9.17, 15) is 9.50 Å². The Hall–Kier alpha value is -1.71. The molecule has 19 heavy (non-hydrogen) atoms. The fourth-order valence-electron chi connectivity index (χ4n) is 1.78. The van der Waals surface area contributed by atoms with Gasteiger partial charge in [0, 0.05) is 5.56 Å². The van der Waals surface area contributed by atoms with E-state index in [-0.39, 0.29) is 19.0 Å². The summed E-state index contributed by atoms with van der Waals surface area (Å²) in [5.74, 6) is -0.285. The van der Waals surface area contributed by atoms with Crippen molar-refractivity contribution in [3.05, 3.63) is 71.0 Å². The van der Waals surface area contributed by atoms with Gasteiger partial charge in [0.05, 0.1) is 13.2 Å². The molecule has 0 aliphatic carbocycles. The molecule has 0 amide bonds. The summed E-state index contributed by atoms with van der Waals surface area (Å²) in [5, 5.41) is 9.94. The van der Waals surface area contributed by atoms with Gasteiger partial charge in [0.2, 0.25) is 0 Å². The van der Waals surface area contributed by atoms with Crippen LogP contribution in [0, 0.1) is 12.7 Å². The van der Waals surface area contributed by atoms with E-state index in [1.807, 2.05) is 31.2 Å². The fourth-order valence-corrected chi connectivity index (χ4v) is 1.78. The number of aliphatic hydroxyl groups excluding tert-OH is 1. The molecule has 2 nitrogen and oxygen atoms in total. The molecule has 0 aliphatic rings. The van der Waals surface area contributed by atoms with Gasteiger partial charge in [0.1, 0.15) is 11.9 Å². The molecule has 0 heterocycles. The smallest absolute Gasteiger partial charge is 0.128 e. The Balaban J connectivity index is 1.86. The van der Waals surface area contributed by atoms with Crippen LogP contribution in [0.2, 0.25) is 0 Å². The minimum absolute atomic E-state index is 0.150. The van der Waals surface area contributed by atoms with Crippen molar-refractivity contribution in [3.8, 4) is 0 Å². The number of benzene rings is 2. The third kappa shape index (κ3) is 3.88. The molecule has 1 atom stereocenters. The Labute approximate surface area is 112 Å². The summed E-state index contributed by atoms with van der Waals surface area (Å²) in [4.78, 5) is 0. The Bertz CT molecular complexity index is 523. The molecule has 0 aliphatic heterocycles. The average Bonchev–Trinajstić information content (AvgIpc) is 2.41. The molecule has 2 aromatic rings. The highest BCUT2D eigenvalue weighted by Gasteiger charge is 2.08. The van der Waals surface area contributed by atoms with Gasteiger partial charge in [-0.3, -0.25) is 0 Å². The zero-order valence-electron chi connectivity index (χ0n) is 10.8. The van der Waals surface area contributed by atoms with Crippen molar-refractivity contribution in [2.45, 2.75) is 19.6 Å². The molecule has 1 unspecified atom stereocenters. The molecule has 0 fully saturated rings. The quantitative estimate of drug-likeness (QED) is 0.893. The van der Waals surface area contributed by atoms with Crippen molar-refractivity contribution in [3.63, 3.8) is 0 Å². The lowest BCUT2D eigenvalue weighted by Gasteiger charge is -2.12. The predicted molar refractivity (Wildman–Crippen MR) is 72.2 cm³/mol. The molecule has 1 N–H and O–H groups in total. The van der Waals surface area contributed by atoms with Gasteiger partial charge in [0.15, 0.2) is 0 Å². The Morgan fingerprint density at radius 1 is 1.11 bits per heavy atom. The second-order valence-corrected chi connectivity index (χ2v) is 4.53. The van der Waals surface area contributed by atoms with Crippen LogP contribution >= 0.6 is 0 Å². The van der Waals surface area contributed by atoms with Crippen LogP contribution < -0.4 is 0 Å². The second-order valence-electron chi connectivity index (χ2n) is 4.53. The number of aliphatic hydroxyl groups is 1. The number of hydrogen-bond acceptors (Lipinski definition) is 2. The molecule has 100 valence electrons. The molecule has 2 rings (SSSR count). The van der Waals surface area contributed by atoms with Crippen LogP contribution in [0.4, 0.5) is 4.39 Å². The maximum atomic E-state index is 13.3. The summed E-state index contributed by atoms with van der Waals surface area (Å²) < 4.78 is 18.7. The lowest BCUT2D eigenvalue weighted by molar-refractivity contribution is 0.0267. The number of halogens is 1. The molecule has 3 heteroatoms. The lowest BCUT2D eigenvalue weighted by atomic mass is 10.1. The molecular formula is C16H17FO2. The Morgan fingerprint density at radius 3 is 2.47 bits per heavy atom. The zero-order valence-corrected chi connectivity index (χ0v) is 10.8. The maximum Gasteiger partial charge on any atom is 0.128 e. The van der Waals surface area contributed by atoms with E-state index in [1.165, 1.54) is 6.07 Å². The van der Waals surface area contributed by atoms with Crippen molar-refractivity contribution >= 4 is 0 Å². The maximum absolute atomic E-state index is 13.3. The second kappa shape index (κ2) is 6.45. The average molecular weight is 260 g/mol. The van der Waals surface area contributed by atoms with Gasteiger partial charge in [0.25, 0.3) is 0 Å². The van der Waals surface area contributed by atoms with Crippen molar-refractivity contribution in [2.75, 3.05) is 6.61 Å². The molecule has 0 saturated carbocycles. The van der Waals surface area contributed by atoms with Crippen LogP contribution in [0.25, 0.3) is 0 Å². The van der Waals surface area contributed by atoms with Crippen LogP contribution in [0.3, 0.4) is 0 Å². The highest BCUT2D eigenvalue weighted by molar-refractivity contribution is 5.23. The van der Waals surface area contributed by atoms with E-state index in [0.29, 0.717) is 5.56 Å². The van der Waals surface area contributed by atoms with E-state index in [1.54, 1.807) is 18.2 Å². The van der Waals surface area contributed by atoms with E-state index < -0.39 is 6.10 Å². The van der Waals surface area contributed by atoms with Gasteiger partial charge < -0.3 is 9.84 Å². The Morgan fingerprint density at radius 2 is 1.79 bits per heavy atom. The van der Waals surface area contributed by atoms with Crippen LogP contribution in [0.5, 0.6) is 0 Å². The van der Waals surface area contributed by atoms with Crippen LogP contribution in [-0.2, 0) is 11.3 Å². The van der Waals surface area contributed by atoms with E-state index >= 15 is 0 Å².